The molecule has 1 aliphatic carbocycles. The van der Waals surface area contributed by atoms with Crippen molar-refractivity contribution in [2.75, 3.05) is 10.6 Å². The van der Waals surface area contributed by atoms with Crippen molar-refractivity contribution in [1.82, 2.24) is 0 Å². The number of rotatable bonds is 6. The Labute approximate surface area is 167 Å². The van der Waals surface area contributed by atoms with Gasteiger partial charge in [0, 0.05) is 23.4 Å². The van der Waals surface area contributed by atoms with E-state index in [9.17, 15) is 9.59 Å². The van der Waals surface area contributed by atoms with Crippen LogP contribution < -0.4 is 10.6 Å². The summed E-state index contributed by atoms with van der Waals surface area (Å²) in [6.45, 7) is 2.20. The van der Waals surface area contributed by atoms with E-state index in [1.165, 1.54) is 17.4 Å². The summed E-state index contributed by atoms with van der Waals surface area (Å²) in [6, 6.07) is 14.5. The molecule has 2 heterocycles. The number of carbonyl (C=O) groups excluding carboxylic acids is 2. The molecular weight excluding hydrogens is 372 g/mol. The number of hydrogen-bond donors (Lipinski definition) is 2. The molecule has 1 fully saturated rings. The lowest BCUT2D eigenvalue weighted by molar-refractivity contribution is -0.111. The maximum atomic E-state index is 12.2. The van der Waals surface area contributed by atoms with Crippen LogP contribution in [0.2, 0.25) is 0 Å². The molecule has 1 aromatic carbocycles. The minimum Gasteiger partial charge on any atom is -0.461 e. The smallest absolute Gasteiger partial charge is 0.265 e. The Bertz CT molecular complexity index is 1020. The predicted molar refractivity (Wildman–Crippen MR) is 112 cm³/mol. The molecule has 2 unspecified atom stereocenters. The van der Waals surface area contributed by atoms with Gasteiger partial charge in [-0.3, -0.25) is 9.59 Å². The summed E-state index contributed by atoms with van der Waals surface area (Å²) >= 11 is 1.38. The topological polar surface area (TPSA) is 71.3 Å². The van der Waals surface area contributed by atoms with Crippen LogP contribution in [0.15, 0.2) is 64.4 Å². The lowest BCUT2D eigenvalue weighted by atomic mass is 10.2. The van der Waals surface area contributed by atoms with E-state index in [0.717, 1.165) is 12.2 Å². The summed E-state index contributed by atoms with van der Waals surface area (Å²) in [5, 5.41) is 7.47. The third-order valence-electron chi connectivity index (χ3n) is 4.65. The molecule has 2 atom stereocenters. The van der Waals surface area contributed by atoms with Gasteiger partial charge in [0.1, 0.15) is 11.5 Å². The first-order valence-electron chi connectivity index (χ1n) is 9.12. The Morgan fingerprint density at radius 1 is 1.11 bits per heavy atom. The second kappa shape index (κ2) is 7.86. The molecule has 0 aliphatic heterocycles. The zero-order chi connectivity index (χ0) is 19.5. The van der Waals surface area contributed by atoms with Crippen LogP contribution in [-0.4, -0.2) is 11.8 Å². The van der Waals surface area contributed by atoms with Crippen molar-refractivity contribution in [1.29, 1.82) is 0 Å². The molecule has 6 heteroatoms. The SMILES string of the molecule is CC1CC1c1ccc(/C=C/C(=O)Nc2cccc(NC(=O)c3cccs3)c2)o1. The van der Waals surface area contributed by atoms with Gasteiger partial charge in [0.2, 0.25) is 5.91 Å². The molecule has 5 nitrogen and oxygen atoms in total. The minimum atomic E-state index is -0.264. The van der Waals surface area contributed by atoms with Gasteiger partial charge >= 0.3 is 0 Å². The number of thiophene rings is 1. The lowest BCUT2D eigenvalue weighted by Gasteiger charge is -2.07. The molecule has 2 amide bonds. The van der Waals surface area contributed by atoms with Gasteiger partial charge in [-0.2, -0.15) is 0 Å². The largest absolute Gasteiger partial charge is 0.461 e. The van der Waals surface area contributed by atoms with Gasteiger partial charge in [0.15, 0.2) is 0 Å². The number of furan rings is 1. The first-order chi connectivity index (χ1) is 13.6. The minimum absolute atomic E-state index is 0.169. The van der Waals surface area contributed by atoms with E-state index in [-0.39, 0.29) is 11.8 Å². The molecule has 2 aromatic heterocycles. The van der Waals surface area contributed by atoms with E-state index in [1.54, 1.807) is 36.4 Å². The molecule has 4 rings (SSSR count). The van der Waals surface area contributed by atoms with Gasteiger partial charge in [-0.05, 0) is 60.2 Å². The zero-order valence-electron chi connectivity index (χ0n) is 15.3. The fourth-order valence-electron chi connectivity index (χ4n) is 2.99. The third-order valence-corrected chi connectivity index (χ3v) is 5.52. The molecule has 0 spiro atoms. The first-order valence-corrected chi connectivity index (χ1v) is 10.00. The normalized spacial score (nSPS) is 18.2. The number of hydrogen-bond acceptors (Lipinski definition) is 4. The van der Waals surface area contributed by atoms with Crippen molar-refractivity contribution in [2.45, 2.75) is 19.3 Å². The van der Waals surface area contributed by atoms with Gasteiger partial charge in [-0.25, -0.2) is 0 Å². The number of anilines is 2. The fourth-order valence-corrected chi connectivity index (χ4v) is 3.61. The van der Waals surface area contributed by atoms with Crippen LogP contribution in [0.5, 0.6) is 0 Å². The highest BCUT2D eigenvalue weighted by Crippen LogP contribution is 2.47. The van der Waals surface area contributed by atoms with Crippen LogP contribution in [0.3, 0.4) is 0 Å². The van der Waals surface area contributed by atoms with E-state index in [2.05, 4.69) is 17.6 Å². The fraction of sp³-hybridized carbons (Fsp3) is 0.182. The summed E-state index contributed by atoms with van der Waals surface area (Å²) in [4.78, 5) is 25.0. The summed E-state index contributed by atoms with van der Waals surface area (Å²) in [5.74, 6) is 2.42. The second-order valence-corrected chi connectivity index (χ2v) is 7.84. The van der Waals surface area contributed by atoms with Crippen molar-refractivity contribution in [3.8, 4) is 0 Å². The van der Waals surface area contributed by atoms with Crippen molar-refractivity contribution in [2.24, 2.45) is 5.92 Å². The van der Waals surface area contributed by atoms with Crippen molar-refractivity contribution < 1.29 is 14.0 Å². The van der Waals surface area contributed by atoms with Crippen LogP contribution >= 0.6 is 11.3 Å². The molecule has 28 heavy (non-hydrogen) atoms. The van der Waals surface area contributed by atoms with Gasteiger partial charge in [-0.15, -0.1) is 11.3 Å². The Morgan fingerprint density at radius 2 is 1.89 bits per heavy atom. The maximum Gasteiger partial charge on any atom is 0.265 e. The average molecular weight is 392 g/mol. The second-order valence-electron chi connectivity index (χ2n) is 6.89. The van der Waals surface area contributed by atoms with Gasteiger partial charge in [0.25, 0.3) is 5.91 Å². The summed E-state index contributed by atoms with van der Waals surface area (Å²) < 4.78 is 5.76. The summed E-state index contributed by atoms with van der Waals surface area (Å²) in [6.07, 6.45) is 4.26. The predicted octanol–water partition coefficient (Wildman–Crippen LogP) is 5.37. The maximum absolute atomic E-state index is 12.2. The number of benzene rings is 1. The molecule has 1 aliphatic rings. The summed E-state index contributed by atoms with van der Waals surface area (Å²) in [7, 11) is 0. The van der Waals surface area contributed by atoms with E-state index in [0.29, 0.717) is 33.8 Å². The number of nitrogens with one attached hydrogen (secondary N) is 2. The van der Waals surface area contributed by atoms with E-state index in [4.69, 9.17) is 4.42 Å². The van der Waals surface area contributed by atoms with Crippen LogP contribution in [0.25, 0.3) is 6.08 Å². The monoisotopic (exact) mass is 392 g/mol. The highest BCUT2D eigenvalue weighted by Gasteiger charge is 2.36. The van der Waals surface area contributed by atoms with Crippen LogP contribution in [0.4, 0.5) is 11.4 Å². The highest BCUT2D eigenvalue weighted by molar-refractivity contribution is 7.12. The molecular formula is C22H20N2O3S. The van der Waals surface area contributed by atoms with E-state index >= 15 is 0 Å². The number of carbonyl (C=O) groups is 2. The Hall–Kier alpha value is -3.12. The lowest BCUT2D eigenvalue weighted by Crippen LogP contribution is -2.11. The summed E-state index contributed by atoms with van der Waals surface area (Å²) in [5.41, 5.74) is 1.22. The van der Waals surface area contributed by atoms with Crippen molar-refractivity contribution in [3.63, 3.8) is 0 Å². The highest BCUT2D eigenvalue weighted by atomic mass is 32.1. The molecule has 3 aromatic rings. The van der Waals surface area contributed by atoms with Gasteiger partial charge < -0.3 is 15.1 Å². The Kier molecular flexibility index (Phi) is 5.12. The zero-order valence-corrected chi connectivity index (χ0v) is 16.2. The Morgan fingerprint density at radius 3 is 2.61 bits per heavy atom. The van der Waals surface area contributed by atoms with Gasteiger partial charge in [0.05, 0.1) is 4.88 Å². The van der Waals surface area contributed by atoms with Crippen molar-refractivity contribution >= 4 is 40.6 Å². The molecule has 142 valence electrons. The molecule has 0 saturated heterocycles. The molecule has 0 radical (unpaired) electrons. The standard InChI is InChI=1S/C22H20N2O3S/c1-14-12-18(14)19-9-7-17(27-19)8-10-21(25)23-15-4-2-5-16(13-15)24-22(26)20-6-3-11-28-20/h2-11,13-14,18H,12H2,1H3,(H,23,25)(H,24,26)/b10-8+. The third kappa shape index (κ3) is 4.40. The van der Waals surface area contributed by atoms with Crippen LogP contribution in [-0.2, 0) is 4.79 Å². The van der Waals surface area contributed by atoms with Gasteiger partial charge in [-0.1, -0.05) is 19.1 Å². The Balaban J connectivity index is 1.35. The molecule has 1 saturated carbocycles. The quantitative estimate of drug-likeness (QED) is 0.554. The molecule has 2 N–H and O–H groups in total. The van der Waals surface area contributed by atoms with E-state index < -0.39 is 0 Å². The van der Waals surface area contributed by atoms with Crippen LogP contribution in [0.1, 0.15) is 40.5 Å². The van der Waals surface area contributed by atoms with Crippen molar-refractivity contribution in [3.05, 3.63) is 76.4 Å². The number of amides is 2. The average Bonchev–Trinajstić information content (AvgIpc) is 3.10. The van der Waals surface area contributed by atoms with E-state index in [1.807, 2.05) is 23.6 Å². The first kappa shape index (κ1) is 18.3. The van der Waals surface area contributed by atoms with Crippen LogP contribution in [0, 0.1) is 5.92 Å². The molecule has 0 bridgehead atoms.